The van der Waals surface area contributed by atoms with E-state index in [2.05, 4.69) is 5.32 Å². The summed E-state index contributed by atoms with van der Waals surface area (Å²) in [7, 11) is 0. The molecular weight excluding hydrogens is 394 g/mol. The SMILES string of the molecule is N#Cc1ccc(OCC[C@H](O)C(=O)Nc2ccc(C#N)c(C(F)(F)F)c2)cc1F. The summed E-state index contributed by atoms with van der Waals surface area (Å²) in [6.07, 6.45) is -6.62. The van der Waals surface area contributed by atoms with E-state index in [1.54, 1.807) is 6.07 Å². The van der Waals surface area contributed by atoms with Gasteiger partial charge in [0.2, 0.25) is 0 Å². The first-order valence-electron chi connectivity index (χ1n) is 8.08. The number of ether oxygens (including phenoxy) is 1. The predicted molar refractivity (Wildman–Crippen MR) is 92.0 cm³/mol. The zero-order valence-corrected chi connectivity index (χ0v) is 14.6. The first-order chi connectivity index (χ1) is 13.7. The standard InChI is InChI=1S/C19H13F4N3O3/c20-16-8-14(4-2-12(16)10-25)29-6-5-17(27)18(28)26-13-3-1-11(9-24)15(7-13)19(21,22)23/h1-4,7-8,17,27H,5-6H2,(H,26,28)/t17-/m0/s1. The van der Waals surface area contributed by atoms with Crippen LogP contribution < -0.4 is 10.1 Å². The van der Waals surface area contributed by atoms with Gasteiger partial charge in [0, 0.05) is 18.2 Å². The maximum absolute atomic E-state index is 13.5. The molecule has 0 saturated carbocycles. The minimum absolute atomic E-state index is 0.0796. The van der Waals surface area contributed by atoms with E-state index in [-0.39, 0.29) is 30.0 Å². The second-order valence-corrected chi connectivity index (χ2v) is 5.77. The fourth-order valence-corrected chi connectivity index (χ4v) is 2.28. The summed E-state index contributed by atoms with van der Waals surface area (Å²) in [5.41, 5.74) is -2.22. The molecule has 0 radical (unpaired) electrons. The number of nitriles is 2. The van der Waals surface area contributed by atoms with Gasteiger partial charge in [-0.2, -0.15) is 23.7 Å². The molecule has 1 atom stereocenters. The Bertz CT molecular complexity index is 994. The summed E-state index contributed by atoms with van der Waals surface area (Å²) in [6.45, 7) is -0.193. The number of anilines is 1. The maximum atomic E-state index is 13.5. The number of halogens is 4. The van der Waals surface area contributed by atoms with Crippen LogP contribution in [0.25, 0.3) is 0 Å². The summed E-state index contributed by atoms with van der Waals surface area (Å²) in [6, 6.07) is 9.19. The van der Waals surface area contributed by atoms with Crippen molar-refractivity contribution in [3.05, 3.63) is 58.9 Å². The molecule has 0 aliphatic rings. The van der Waals surface area contributed by atoms with Crippen LogP contribution in [-0.4, -0.2) is 23.7 Å². The Kier molecular flexibility index (Phi) is 6.75. The largest absolute Gasteiger partial charge is 0.493 e. The Hall–Kier alpha value is -3.63. The fraction of sp³-hybridized carbons (Fsp3) is 0.211. The summed E-state index contributed by atoms with van der Waals surface area (Å²) < 4.78 is 57.5. The number of aliphatic hydroxyl groups excluding tert-OH is 1. The molecule has 6 nitrogen and oxygen atoms in total. The number of hydrogen-bond acceptors (Lipinski definition) is 5. The topological polar surface area (TPSA) is 106 Å². The molecule has 2 rings (SSSR count). The van der Waals surface area contributed by atoms with Gasteiger partial charge >= 0.3 is 6.18 Å². The fourth-order valence-electron chi connectivity index (χ4n) is 2.28. The van der Waals surface area contributed by atoms with E-state index < -0.39 is 35.1 Å². The Morgan fingerprint density at radius 1 is 1.14 bits per heavy atom. The predicted octanol–water partition coefficient (Wildman–Crippen LogP) is 3.36. The van der Waals surface area contributed by atoms with E-state index in [0.717, 1.165) is 18.2 Å². The third-order valence-corrected chi connectivity index (χ3v) is 3.74. The van der Waals surface area contributed by atoms with Gasteiger partial charge in [-0.15, -0.1) is 0 Å². The molecule has 0 aliphatic heterocycles. The van der Waals surface area contributed by atoms with Crippen LogP contribution in [0.1, 0.15) is 23.1 Å². The van der Waals surface area contributed by atoms with Crippen molar-refractivity contribution in [2.75, 3.05) is 11.9 Å². The summed E-state index contributed by atoms with van der Waals surface area (Å²) >= 11 is 0. The van der Waals surface area contributed by atoms with Crippen molar-refractivity contribution in [1.29, 1.82) is 10.5 Å². The molecule has 2 aromatic carbocycles. The highest BCUT2D eigenvalue weighted by atomic mass is 19.4. The van der Waals surface area contributed by atoms with Crippen molar-refractivity contribution in [3.63, 3.8) is 0 Å². The maximum Gasteiger partial charge on any atom is 0.417 e. The minimum atomic E-state index is -4.78. The van der Waals surface area contributed by atoms with Gasteiger partial charge in [-0.1, -0.05) is 0 Å². The van der Waals surface area contributed by atoms with Crippen LogP contribution >= 0.6 is 0 Å². The van der Waals surface area contributed by atoms with Gasteiger partial charge in [-0.25, -0.2) is 4.39 Å². The quantitative estimate of drug-likeness (QED) is 0.715. The molecular formula is C19H13F4N3O3. The second kappa shape index (κ2) is 9.04. The molecule has 10 heteroatoms. The number of rotatable bonds is 6. The van der Waals surface area contributed by atoms with Gasteiger partial charge in [0.15, 0.2) is 0 Å². The smallest absolute Gasteiger partial charge is 0.417 e. The van der Waals surface area contributed by atoms with E-state index in [4.69, 9.17) is 15.3 Å². The highest BCUT2D eigenvalue weighted by Gasteiger charge is 2.34. The van der Waals surface area contributed by atoms with Crippen LogP contribution in [0.15, 0.2) is 36.4 Å². The van der Waals surface area contributed by atoms with E-state index in [1.807, 2.05) is 0 Å². The Morgan fingerprint density at radius 2 is 1.79 bits per heavy atom. The van der Waals surface area contributed by atoms with Crippen LogP contribution in [0.2, 0.25) is 0 Å². The number of aliphatic hydroxyl groups is 1. The number of carbonyl (C=O) groups is 1. The molecule has 2 N–H and O–H groups in total. The molecule has 1 amide bonds. The molecule has 0 saturated heterocycles. The number of alkyl halides is 3. The van der Waals surface area contributed by atoms with Crippen LogP contribution in [-0.2, 0) is 11.0 Å². The molecule has 0 aliphatic carbocycles. The van der Waals surface area contributed by atoms with Crippen LogP contribution in [0.4, 0.5) is 23.2 Å². The molecule has 0 fully saturated rings. The molecule has 2 aromatic rings. The number of hydrogen-bond donors (Lipinski definition) is 2. The second-order valence-electron chi connectivity index (χ2n) is 5.77. The van der Waals surface area contributed by atoms with Gasteiger partial charge in [0.25, 0.3) is 5.91 Å². The van der Waals surface area contributed by atoms with Gasteiger partial charge < -0.3 is 15.2 Å². The highest BCUT2D eigenvalue weighted by molar-refractivity contribution is 5.94. The van der Waals surface area contributed by atoms with Crippen molar-refractivity contribution < 1.29 is 32.2 Å². The van der Waals surface area contributed by atoms with Crippen molar-refractivity contribution in [2.45, 2.75) is 18.7 Å². The van der Waals surface area contributed by atoms with E-state index in [0.29, 0.717) is 6.07 Å². The lowest BCUT2D eigenvalue weighted by molar-refractivity contribution is -0.137. The average molecular weight is 407 g/mol. The molecule has 0 unspecified atom stereocenters. The number of amides is 1. The van der Waals surface area contributed by atoms with E-state index >= 15 is 0 Å². The van der Waals surface area contributed by atoms with Gasteiger partial charge in [-0.05, 0) is 30.3 Å². The van der Waals surface area contributed by atoms with Crippen LogP contribution in [0, 0.1) is 28.5 Å². The molecule has 0 spiro atoms. The first kappa shape index (κ1) is 21.7. The lowest BCUT2D eigenvalue weighted by atomic mass is 10.1. The van der Waals surface area contributed by atoms with Gasteiger partial charge in [-0.3, -0.25) is 4.79 Å². The first-order valence-corrected chi connectivity index (χ1v) is 8.08. The van der Waals surface area contributed by atoms with Crippen molar-refractivity contribution in [2.24, 2.45) is 0 Å². The summed E-state index contributed by atoms with van der Waals surface area (Å²) in [5.74, 6) is -1.68. The summed E-state index contributed by atoms with van der Waals surface area (Å²) in [5, 5.41) is 29.4. The molecule has 0 heterocycles. The number of nitrogens with zero attached hydrogens (tertiary/aromatic N) is 2. The third kappa shape index (κ3) is 5.67. The lowest BCUT2D eigenvalue weighted by Crippen LogP contribution is -2.29. The van der Waals surface area contributed by atoms with Crippen LogP contribution in [0.5, 0.6) is 5.75 Å². The lowest BCUT2D eigenvalue weighted by Gasteiger charge is -2.14. The summed E-state index contributed by atoms with van der Waals surface area (Å²) in [4.78, 5) is 11.9. The van der Waals surface area contributed by atoms with Gasteiger partial charge in [0.1, 0.15) is 23.7 Å². The van der Waals surface area contributed by atoms with E-state index in [1.165, 1.54) is 18.2 Å². The molecule has 150 valence electrons. The Balaban J connectivity index is 1.95. The number of nitrogens with one attached hydrogen (secondary N) is 1. The minimum Gasteiger partial charge on any atom is -0.493 e. The zero-order valence-electron chi connectivity index (χ0n) is 14.6. The molecule has 0 aromatic heterocycles. The van der Waals surface area contributed by atoms with Gasteiger partial charge in [0.05, 0.1) is 29.4 Å². The molecule has 0 bridgehead atoms. The van der Waals surface area contributed by atoms with Crippen molar-refractivity contribution in [3.8, 4) is 17.9 Å². The zero-order chi connectivity index (χ0) is 21.6. The van der Waals surface area contributed by atoms with E-state index in [9.17, 15) is 27.5 Å². The highest BCUT2D eigenvalue weighted by Crippen LogP contribution is 2.33. The van der Waals surface area contributed by atoms with Crippen LogP contribution in [0.3, 0.4) is 0 Å². The monoisotopic (exact) mass is 407 g/mol. The third-order valence-electron chi connectivity index (χ3n) is 3.74. The Labute approximate surface area is 162 Å². The number of benzene rings is 2. The average Bonchev–Trinajstić information content (AvgIpc) is 2.67. The van der Waals surface area contributed by atoms with Crippen molar-refractivity contribution in [1.82, 2.24) is 0 Å². The molecule has 29 heavy (non-hydrogen) atoms. The van der Waals surface area contributed by atoms with Crippen molar-refractivity contribution >= 4 is 11.6 Å². The number of carbonyl (C=O) groups excluding carboxylic acids is 1. The Morgan fingerprint density at radius 3 is 2.38 bits per heavy atom. The normalized spacial score (nSPS) is 11.8.